The smallest absolute Gasteiger partial charge is 0.399 e. The van der Waals surface area contributed by atoms with Gasteiger partial charge in [-0.15, -0.1) is 0 Å². The van der Waals surface area contributed by atoms with Crippen LogP contribution in [0.1, 0.15) is 52.1 Å². The fraction of sp³-hybridized carbons (Fsp3) is 0.643. The third-order valence-corrected chi connectivity index (χ3v) is 4.55. The van der Waals surface area contributed by atoms with Crippen molar-refractivity contribution < 1.29 is 9.31 Å². The number of rotatable bonds is 2. The first-order valence-electron chi connectivity index (χ1n) is 6.81. The van der Waals surface area contributed by atoms with E-state index in [1.807, 2.05) is 6.07 Å². The highest BCUT2D eigenvalue weighted by Gasteiger charge is 2.52. The molecule has 0 bridgehead atoms. The molecule has 0 unspecified atom stereocenters. The minimum absolute atomic E-state index is 0.326. The molecule has 2 aliphatic rings. The van der Waals surface area contributed by atoms with Gasteiger partial charge in [0.25, 0.3) is 0 Å². The molecule has 0 amide bonds. The molecule has 1 saturated carbocycles. The van der Waals surface area contributed by atoms with E-state index in [2.05, 4.69) is 38.7 Å². The van der Waals surface area contributed by atoms with Crippen LogP contribution >= 0.6 is 11.6 Å². The summed E-state index contributed by atoms with van der Waals surface area (Å²) in [5.41, 5.74) is 1.39. The van der Waals surface area contributed by atoms with Crippen molar-refractivity contribution in [1.29, 1.82) is 0 Å². The number of halogens is 1. The molecule has 5 heteroatoms. The number of hydrogen-bond donors (Lipinski definition) is 0. The van der Waals surface area contributed by atoms with Crippen LogP contribution in [0.3, 0.4) is 0 Å². The number of nitrogens with zero attached hydrogens (tertiary/aromatic N) is 1. The predicted molar refractivity (Wildman–Crippen MR) is 76.9 cm³/mol. The average molecular weight is 280 g/mol. The second-order valence-corrected chi connectivity index (χ2v) is 6.90. The van der Waals surface area contributed by atoms with Crippen molar-refractivity contribution in [2.45, 2.75) is 57.7 Å². The Kier molecular flexibility index (Phi) is 2.97. The standard InChI is InChI=1S/C14H19BClNO2/c1-13(2)14(3,4)19-15(18-13)10-7-11(9-5-6-9)17-12(16)8-10/h7-9H,5-6H2,1-4H3. The zero-order chi connectivity index (χ0) is 13.8. The second-order valence-electron chi connectivity index (χ2n) is 6.51. The van der Waals surface area contributed by atoms with Gasteiger partial charge >= 0.3 is 7.12 Å². The largest absolute Gasteiger partial charge is 0.495 e. The van der Waals surface area contributed by atoms with E-state index in [0.29, 0.717) is 11.1 Å². The van der Waals surface area contributed by atoms with Crippen molar-refractivity contribution in [2.75, 3.05) is 0 Å². The van der Waals surface area contributed by atoms with Crippen molar-refractivity contribution in [2.24, 2.45) is 0 Å². The van der Waals surface area contributed by atoms with Crippen LogP contribution in [-0.4, -0.2) is 23.3 Å². The molecule has 3 rings (SSSR count). The van der Waals surface area contributed by atoms with Crippen LogP contribution in [0, 0.1) is 0 Å². The van der Waals surface area contributed by atoms with Crippen LogP contribution in [0.2, 0.25) is 5.15 Å². The van der Waals surface area contributed by atoms with Gasteiger partial charge in [0.15, 0.2) is 0 Å². The SMILES string of the molecule is CC1(C)OB(c2cc(Cl)nc(C3CC3)c2)OC1(C)C. The van der Waals surface area contributed by atoms with E-state index in [-0.39, 0.29) is 18.3 Å². The summed E-state index contributed by atoms with van der Waals surface area (Å²) in [7, 11) is -0.358. The minimum atomic E-state index is -0.358. The second kappa shape index (κ2) is 4.21. The molecule has 102 valence electrons. The van der Waals surface area contributed by atoms with Crippen molar-refractivity contribution in [3.8, 4) is 0 Å². The maximum atomic E-state index is 6.12. The van der Waals surface area contributed by atoms with Gasteiger partial charge in [-0.05, 0) is 58.1 Å². The van der Waals surface area contributed by atoms with Crippen LogP contribution in [0.25, 0.3) is 0 Å². The van der Waals surface area contributed by atoms with Crippen LogP contribution in [0.15, 0.2) is 12.1 Å². The molecule has 19 heavy (non-hydrogen) atoms. The summed E-state index contributed by atoms with van der Waals surface area (Å²) in [5.74, 6) is 0.569. The van der Waals surface area contributed by atoms with Gasteiger partial charge in [0, 0.05) is 11.6 Å². The van der Waals surface area contributed by atoms with E-state index in [9.17, 15) is 0 Å². The summed E-state index contributed by atoms with van der Waals surface area (Å²) in [6, 6.07) is 3.92. The molecule has 2 fully saturated rings. The maximum absolute atomic E-state index is 6.12. The highest BCUT2D eigenvalue weighted by Crippen LogP contribution is 2.40. The summed E-state index contributed by atoms with van der Waals surface area (Å²) in [6.07, 6.45) is 2.41. The van der Waals surface area contributed by atoms with Crippen LogP contribution in [0.5, 0.6) is 0 Å². The van der Waals surface area contributed by atoms with Crippen LogP contribution in [0.4, 0.5) is 0 Å². The zero-order valence-corrected chi connectivity index (χ0v) is 12.6. The van der Waals surface area contributed by atoms with E-state index in [1.54, 1.807) is 0 Å². The van der Waals surface area contributed by atoms with Gasteiger partial charge in [-0.2, -0.15) is 0 Å². The van der Waals surface area contributed by atoms with Crippen molar-refractivity contribution >= 4 is 24.2 Å². The van der Waals surface area contributed by atoms with Gasteiger partial charge < -0.3 is 9.31 Å². The maximum Gasteiger partial charge on any atom is 0.495 e. The Bertz CT molecular complexity index is 498. The highest BCUT2D eigenvalue weighted by molar-refractivity contribution is 6.62. The van der Waals surface area contributed by atoms with E-state index in [4.69, 9.17) is 20.9 Å². The average Bonchev–Trinajstić information content (AvgIpc) is 3.06. The Morgan fingerprint density at radius 1 is 1.16 bits per heavy atom. The Balaban J connectivity index is 1.91. The summed E-state index contributed by atoms with van der Waals surface area (Å²) >= 11 is 6.12. The fourth-order valence-electron chi connectivity index (χ4n) is 2.24. The topological polar surface area (TPSA) is 31.4 Å². The number of hydrogen-bond acceptors (Lipinski definition) is 3. The van der Waals surface area contributed by atoms with E-state index >= 15 is 0 Å². The first-order valence-corrected chi connectivity index (χ1v) is 7.19. The molecular formula is C14H19BClNO2. The molecule has 2 heterocycles. The summed E-state index contributed by atoms with van der Waals surface area (Å²) in [5, 5.41) is 0.522. The minimum Gasteiger partial charge on any atom is -0.399 e. The Hall–Kier alpha value is -0.575. The molecule has 0 radical (unpaired) electrons. The van der Waals surface area contributed by atoms with Gasteiger partial charge in [0.2, 0.25) is 0 Å². The van der Waals surface area contributed by atoms with Crippen molar-refractivity contribution in [3.63, 3.8) is 0 Å². The van der Waals surface area contributed by atoms with Gasteiger partial charge in [-0.3, -0.25) is 0 Å². The summed E-state index contributed by atoms with van der Waals surface area (Å²) in [4.78, 5) is 4.39. The molecule has 1 aromatic rings. The third-order valence-electron chi connectivity index (χ3n) is 4.36. The van der Waals surface area contributed by atoms with E-state index < -0.39 is 0 Å². The molecular weight excluding hydrogens is 260 g/mol. The van der Waals surface area contributed by atoms with Gasteiger partial charge in [-0.1, -0.05) is 11.6 Å². The van der Waals surface area contributed by atoms with Gasteiger partial charge in [0.1, 0.15) is 5.15 Å². The lowest BCUT2D eigenvalue weighted by Gasteiger charge is -2.32. The number of pyridine rings is 1. The molecule has 0 aromatic carbocycles. The normalized spacial score (nSPS) is 24.8. The number of aromatic nitrogens is 1. The molecule has 1 aliphatic heterocycles. The Morgan fingerprint density at radius 2 is 1.74 bits per heavy atom. The molecule has 1 aromatic heterocycles. The molecule has 0 spiro atoms. The Labute approximate surface area is 119 Å². The molecule has 0 N–H and O–H groups in total. The quantitative estimate of drug-likeness (QED) is 0.616. The summed E-state index contributed by atoms with van der Waals surface area (Å²) in [6.45, 7) is 8.21. The molecule has 1 aliphatic carbocycles. The highest BCUT2D eigenvalue weighted by atomic mass is 35.5. The molecule has 1 saturated heterocycles. The lowest BCUT2D eigenvalue weighted by Crippen LogP contribution is -2.41. The van der Waals surface area contributed by atoms with Crippen molar-refractivity contribution in [3.05, 3.63) is 23.0 Å². The Morgan fingerprint density at radius 3 is 2.26 bits per heavy atom. The molecule has 0 atom stereocenters. The lowest BCUT2D eigenvalue weighted by atomic mass is 9.79. The van der Waals surface area contributed by atoms with Crippen molar-refractivity contribution in [1.82, 2.24) is 4.98 Å². The van der Waals surface area contributed by atoms with Gasteiger partial charge in [0.05, 0.1) is 11.2 Å². The predicted octanol–water partition coefficient (Wildman–Crippen LogP) is 2.91. The van der Waals surface area contributed by atoms with E-state index in [1.165, 1.54) is 12.8 Å². The van der Waals surface area contributed by atoms with E-state index in [0.717, 1.165) is 11.2 Å². The summed E-state index contributed by atoms with van der Waals surface area (Å²) < 4.78 is 12.1. The lowest BCUT2D eigenvalue weighted by molar-refractivity contribution is 0.00578. The monoisotopic (exact) mass is 279 g/mol. The molecule has 3 nitrogen and oxygen atoms in total. The first kappa shape index (κ1) is 13.4. The fourth-order valence-corrected chi connectivity index (χ4v) is 2.46. The first-order chi connectivity index (χ1) is 8.78. The van der Waals surface area contributed by atoms with Crippen LogP contribution < -0.4 is 5.46 Å². The van der Waals surface area contributed by atoms with Crippen LogP contribution in [-0.2, 0) is 9.31 Å². The third kappa shape index (κ3) is 2.42. The van der Waals surface area contributed by atoms with Gasteiger partial charge in [-0.25, -0.2) is 4.98 Å². The zero-order valence-electron chi connectivity index (χ0n) is 11.9.